The first kappa shape index (κ1) is 22.3. The van der Waals surface area contributed by atoms with Crippen LogP contribution >= 0.6 is 0 Å². The minimum atomic E-state index is -0.158. The summed E-state index contributed by atoms with van der Waals surface area (Å²) in [4.78, 5) is 4.68. The Hall–Kier alpha value is -1.79. The minimum absolute atomic E-state index is 0.144. The molecule has 0 aliphatic rings. The summed E-state index contributed by atoms with van der Waals surface area (Å²) in [7, 11) is 1.66. The standard InChI is InChI=1S/C20H35N3O3/c1-6-20(4,15-24)14-23-19(21-7-2)22-13-17-9-8-16(3)12-18(17)26-11-10-25-5/h8-9,12,24H,6-7,10-11,13-15H2,1-5H3,(H2,21,22,23). The smallest absolute Gasteiger partial charge is 0.191 e. The highest BCUT2D eigenvalue weighted by Crippen LogP contribution is 2.21. The molecule has 6 heteroatoms. The molecule has 0 amide bonds. The van der Waals surface area contributed by atoms with E-state index in [0.29, 0.717) is 26.3 Å². The van der Waals surface area contributed by atoms with Gasteiger partial charge in [-0.15, -0.1) is 0 Å². The van der Waals surface area contributed by atoms with Crippen molar-refractivity contribution in [2.75, 3.05) is 40.0 Å². The quantitative estimate of drug-likeness (QED) is 0.319. The molecule has 0 spiro atoms. The Balaban J connectivity index is 2.82. The first-order chi connectivity index (χ1) is 12.5. The number of aliphatic hydroxyl groups excluding tert-OH is 1. The maximum Gasteiger partial charge on any atom is 0.191 e. The Morgan fingerprint density at radius 2 is 2.00 bits per heavy atom. The van der Waals surface area contributed by atoms with Crippen LogP contribution < -0.4 is 15.4 Å². The van der Waals surface area contributed by atoms with Crippen molar-refractivity contribution in [2.24, 2.45) is 10.4 Å². The van der Waals surface area contributed by atoms with E-state index >= 15 is 0 Å². The molecule has 1 aromatic rings. The van der Waals surface area contributed by atoms with Crippen LogP contribution in [-0.2, 0) is 11.3 Å². The van der Waals surface area contributed by atoms with Crippen LogP contribution in [0, 0.1) is 12.3 Å². The van der Waals surface area contributed by atoms with Gasteiger partial charge in [-0.05, 0) is 31.9 Å². The molecule has 0 aliphatic heterocycles. The number of aliphatic imine (C=N–C) groups is 1. The highest BCUT2D eigenvalue weighted by atomic mass is 16.5. The van der Waals surface area contributed by atoms with Crippen molar-refractivity contribution < 1.29 is 14.6 Å². The number of ether oxygens (including phenoxy) is 2. The molecule has 0 saturated carbocycles. The van der Waals surface area contributed by atoms with Gasteiger partial charge < -0.3 is 25.2 Å². The van der Waals surface area contributed by atoms with E-state index in [2.05, 4.69) is 41.6 Å². The van der Waals surface area contributed by atoms with Crippen LogP contribution in [0.15, 0.2) is 23.2 Å². The Bertz CT molecular complexity index is 557. The van der Waals surface area contributed by atoms with Gasteiger partial charge in [0.05, 0.1) is 19.8 Å². The van der Waals surface area contributed by atoms with Gasteiger partial charge >= 0.3 is 0 Å². The Morgan fingerprint density at radius 3 is 2.62 bits per heavy atom. The SMILES string of the molecule is CCNC(=NCc1ccc(C)cc1OCCOC)NCC(C)(CC)CO. The fraction of sp³-hybridized carbons (Fsp3) is 0.650. The van der Waals surface area contributed by atoms with Gasteiger partial charge in [-0.2, -0.15) is 0 Å². The van der Waals surface area contributed by atoms with Crippen molar-refractivity contribution in [2.45, 2.75) is 40.7 Å². The third kappa shape index (κ3) is 7.62. The van der Waals surface area contributed by atoms with E-state index in [4.69, 9.17) is 9.47 Å². The normalized spacial score (nSPS) is 14.0. The lowest BCUT2D eigenvalue weighted by molar-refractivity contribution is 0.140. The minimum Gasteiger partial charge on any atom is -0.491 e. The molecule has 0 radical (unpaired) electrons. The van der Waals surface area contributed by atoms with Crippen LogP contribution in [0.25, 0.3) is 0 Å². The Morgan fingerprint density at radius 1 is 1.23 bits per heavy atom. The van der Waals surface area contributed by atoms with Crippen molar-refractivity contribution in [3.63, 3.8) is 0 Å². The van der Waals surface area contributed by atoms with Crippen LogP contribution in [0.3, 0.4) is 0 Å². The highest BCUT2D eigenvalue weighted by molar-refractivity contribution is 5.79. The largest absolute Gasteiger partial charge is 0.491 e. The summed E-state index contributed by atoms with van der Waals surface area (Å²) < 4.78 is 10.9. The number of benzene rings is 1. The zero-order valence-electron chi connectivity index (χ0n) is 16.9. The Labute approximate surface area is 158 Å². The first-order valence-electron chi connectivity index (χ1n) is 9.32. The zero-order valence-corrected chi connectivity index (χ0v) is 16.9. The second-order valence-electron chi connectivity index (χ2n) is 6.82. The summed E-state index contributed by atoms with van der Waals surface area (Å²) in [5.74, 6) is 1.58. The number of hydrogen-bond donors (Lipinski definition) is 3. The summed E-state index contributed by atoms with van der Waals surface area (Å²) in [6.07, 6.45) is 0.894. The fourth-order valence-electron chi connectivity index (χ4n) is 2.26. The van der Waals surface area contributed by atoms with Crippen molar-refractivity contribution in [1.29, 1.82) is 0 Å². The van der Waals surface area contributed by atoms with Gasteiger partial charge in [-0.3, -0.25) is 0 Å². The van der Waals surface area contributed by atoms with Crippen LogP contribution in [0.4, 0.5) is 0 Å². The molecule has 0 fully saturated rings. The summed E-state index contributed by atoms with van der Waals surface area (Å²) in [5, 5.41) is 16.2. The fourth-order valence-corrected chi connectivity index (χ4v) is 2.26. The van der Waals surface area contributed by atoms with E-state index in [1.54, 1.807) is 7.11 Å². The van der Waals surface area contributed by atoms with E-state index in [-0.39, 0.29) is 12.0 Å². The number of methoxy groups -OCH3 is 1. The van der Waals surface area contributed by atoms with E-state index in [9.17, 15) is 5.11 Å². The average Bonchev–Trinajstić information content (AvgIpc) is 2.65. The average molecular weight is 366 g/mol. The number of guanidine groups is 1. The van der Waals surface area contributed by atoms with Crippen molar-refractivity contribution in [1.82, 2.24) is 10.6 Å². The molecule has 1 atom stereocenters. The lowest BCUT2D eigenvalue weighted by Gasteiger charge is -2.27. The topological polar surface area (TPSA) is 75.1 Å². The number of aryl methyl sites for hydroxylation is 1. The molecular weight excluding hydrogens is 330 g/mol. The predicted octanol–water partition coefficient (Wildman–Crippen LogP) is 2.48. The van der Waals surface area contributed by atoms with Gasteiger partial charge in [0.15, 0.2) is 5.96 Å². The van der Waals surface area contributed by atoms with Gasteiger partial charge in [0, 0.05) is 31.2 Å². The number of rotatable bonds is 11. The van der Waals surface area contributed by atoms with Crippen LogP contribution in [0.2, 0.25) is 0 Å². The summed E-state index contributed by atoms with van der Waals surface area (Å²) in [5.41, 5.74) is 2.02. The second kappa shape index (κ2) is 11.8. The molecule has 26 heavy (non-hydrogen) atoms. The van der Waals surface area contributed by atoms with Gasteiger partial charge in [0.1, 0.15) is 12.4 Å². The predicted molar refractivity (Wildman–Crippen MR) is 107 cm³/mol. The molecule has 0 saturated heterocycles. The van der Waals surface area contributed by atoms with Crippen LogP contribution in [0.1, 0.15) is 38.3 Å². The molecule has 0 aromatic heterocycles. The van der Waals surface area contributed by atoms with Gasteiger partial charge in [0.25, 0.3) is 0 Å². The van der Waals surface area contributed by atoms with Crippen molar-refractivity contribution >= 4 is 5.96 Å². The van der Waals surface area contributed by atoms with Crippen molar-refractivity contribution in [3.05, 3.63) is 29.3 Å². The molecule has 3 N–H and O–H groups in total. The molecule has 0 bridgehead atoms. The lowest BCUT2D eigenvalue weighted by atomic mass is 9.89. The third-order valence-corrected chi connectivity index (χ3v) is 4.44. The second-order valence-corrected chi connectivity index (χ2v) is 6.82. The molecule has 1 aromatic carbocycles. The van der Waals surface area contributed by atoms with Crippen molar-refractivity contribution in [3.8, 4) is 5.75 Å². The molecule has 148 valence electrons. The van der Waals surface area contributed by atoms with Gasteiger partial charge in [-0.25, -0.2) is 4.99 Å². The molecule has 1 unspecified atom stereocenters. The molecule has 0 aliphatic carbocycles. The van der Waals surface area contributed by atoms with E-state index in [1.807, 2.05) is 19.9 Å². The molecular formula is C20H35N3O3. The monoisotopic (exact) mass is 365 g/mol. The number of aliphatic hydroxyl groups is 1. The first-order valence-corrected chi connectivity index (χ1v) is 9.32. The van der Waals surface area contributed by atoms with E-state index in [1.165, 1.54) is 0 Å². The summed E-state index contributed by atoms with van der Waals surface area (Å²) >= 11 is 0. The third-order valence-electron chi connectivity index (χ3n) is 4.44. The van der Waals surface area contributed by atoms with E-state index < -0.39 is 0 Å². The zero-order chi connectivity index (χ0) is 19.4. The van der Waals surface area contributed by atoms with Gasteiger partial charge in [-0.1, -0.05) is 26.0 Å². The maximum atomic E-state index is 9.57. The summed E-state index contributed by atoms with van der Waals surface area (Å²) in [6, 6.07) is 6.14. The molecule has 0 heterocycles. The van der Waals surface area contributed by atoms with Gasteiger partial charge in [0.2, 0.25) is 0 Å². The van der Waals surface area contributed by atoms with E-state index in [0.717, 1.165) is 35.8 Å². The highest BCUT2D eigenvalue weighted by Gasteiger charge is 2.21. The Kier molecular flexibility index (Phi) is 10.1. The lowest BCUT2D eigenvalue weighted by Crippen LogP contribution is -2.43. The number of hydrogen-bond acceptors (Lipinski definition) is 4. The number of nitrogens with one attached hydrogen (secondary N) is 2. The molecule has 6 nitrogen and oxygen atoms in total. The number of nitrogens with zero attached hydrogens (tertiary/aromatic N) is 1. The summed E-state index contributed by atoms with van der Waals surface area (Å²) in [6.45, 7) is 11.4. The maximum absolute atomic E-state index is 9.57. The van der Waals surface area contributed by atoms with Crippen LogP contribution in [-0.4, -0.2) is 51.1 Å². The molecule has 1 rings (SSSR count). The van der Waals surface area contributed by atoms with Crippen LogP contribution in [0.5, 0.6) is 5.75 Å².